The molecule has 1 aromatic carbocycles. The second kappa shape index (κ2) is 9.24. The maximum absolute atomic E-state index is 12.4. The second-order valence-corrected chi connectivity index (χ2v) is 7.66. The van der Waals surface area contributed by atoms with Gasteiger partial charge in [-0.2, -0.15) is 0 Å². The van der Waals surface area contributed by atoms with Crippen LogP contribution in [0.4, 0.5) is 0 Å². The summed E-state index contributed by atoms with van der Waals surface area (Å²) in [6.07, 6.45) is 2.06. The molecular formula is C20H26N2O3S. The van der Waals surface area contributed by atoms with E-state index >= 15 is 0 Å². The van der Waals surface area contributed by atoms with Crippen molar-refractivity contribution >= 4 is 17.7 Å². The molecule has 1 saturated heterocycles. The Morgan fingerprint density at radius 1 is 1.27 bits per heavy atom. The smallest absolute Gasteiger partial charge is 0.232 e. The molecule has 26 heavy (non-hydrogen) atoms. The third kappa shape index (κ3) is 5.11. The van der Waals surface area contributed by atoms with Crippen molar-refractivity contribution < 1.29 is 14.1 Å². The Morgan fingerprint density at radius 2 is 2.00 bits per heavy atom. The van der Waals surface area contributed by atoms with Crippen molar-refractivity contribution in [1.82, 2.24) is 10.1 Å². The summed E-state index contributed by atoms with van der Waals surface area (Å²) in [5.41, 5.74) is 3.22. The standard InChI is InChI=1S/C20H26N2O3S/c1-15-19(16(2)25-21-15)13-26-14-20(23)22-10-8-18(9-11-22)24-12-17-6-4-3-5-7-17/h3-7,18H,8-14H2,1-2H3. The number of rotatable bonds is 7. The SMILES string of the molecule is Cc1noc(C)c1CSCC(=O)N1CCC(OCc2ccccc2)CC1. The first-order chi connectivity index (χ1) is 12.6. The summed E-state index contributed by atoms with van der Waals surface area (Å²) in [5.74, 6) is 2.32. The van der Waals surface area contributed by atoms with Gasteiger partial charge in [-0.05, 0) is 32.3 Å². The zero-order valence-electron chi connectivity index (χ0n) is 15.4. The molecule has 0 radical (unpaired) electrons. The summed E-state index contributed by atoms with van der Waals surface area (Å²) < 4.78 is 11.2. The number of aryl methyl sites for hydroxylation is 2. The molecule has 5 nitrogen and oxygen atoms in total. The zero-order valence-corrected chi connectivity index (χ0v) is 16.3. The Bertz CT molecular complexity index is 690. The first-order valence-electron chi connectivity index (χ1n) is 9.06. The fourth-order valence-corrected chi connectivity index (χ4v) is 4.18. The minimum atomic E-state index is 0.211. The minimum absolute atomic E-state index is 0.211. The molecule has 1 aliphatic heterocycles. The molecule has 0 N–H and O–H groups in total. The van der Waals surface area contributed by atoms with Gasteiger partial charge in [-0.1, -0.05) is 35.5 Å². The lowest BCUT2D eigenvalue weighted by Gasteiger charge is -2.32. The predicted octanol–water partition coefficient (Wildman–Crippen LogP) is 3.73. The van der Waals surface area contributed by atoms with Crippen molar-refractivity contribution in [3.05, 3.63) is 52.9 Å². The van der Waals surface area contributed by atoms with Crippen molar-refractivity contribution in [2.24, 2.45) is 0 Å². The number of carbonyl (C=O) groups is 1. The maximum Gasteiger partial charge on any atom is 0.232 e. The number of likely N-dealkylation sites (tertiary alicyclic amines) is 1. The number of carbonyl (C=O) groups excluding carboxylic acids is 1. The molecule has 1 aromatic heterocycles. The van der Waals surface area contributed by atoms with Gasteiger partial charge in [0.25, 0.3) is 0 Å². The lowest BCUT2D eigenvalue weighted by molar-refractivity contribution is -0.131. The molecule has 0 bridgehead atoms. The van der Waals surface area contributed by atoms with Crippen LogP contribution in [-0.4, -0.2) is 40.9 Å². The number of nitrogens with zero attached hydrogens (tertiary/aromatic N) is 2. The average Bonchev–Trinajstić information content (AvgIpc) is 2.99. The number of thioether (sulfide) groups is 1. The second-order valence-electron chi connectivity index (χ2n) is 6.67. The Hall–Kier alpha value is -1.79. The van der Waals surface area contributed by atoms with Gasteiger partial charge >= 0.3 is 0 Å². The van der Waals surface area contributed by atoms with Crippen LogP contribution in [0.25, 0.3) is 0 Å². The number of piperidine rings is 1. The summed E-state index contributed by atoms with van der Waals surface area (Å²) in [4.78, 5) is 14.4. The Balaban J connectivity index is 1.35. The van der Waals surface area contributed by atoms with Crippen LogP contribution in [-0.2, 0) is 21.9 Å². The molecule has 0 atom stereocenters. The highest BCUT2D eigenvalue weighted by Gasteiger charge is 2.23. The van der Waals surface area contributed by atoms with Crippen LogP contribution >= 0.6 is 11.8 Å². The Kier molecular flexibility index (Phi) is 6.74. The van der Waals surface area contributed by atoms with Crippen molar-refractivity contribution in [3.63, 3.8) is 0 Å². The number of benzene rings is 1. The summed E-state index contributed by atoms with van der Waals surface area (Å²) >= 11 is 1.63. The lowest BCUT2D eigenvalue weighted by Crippen LogP contribution is -2.41. The van der Waals surface area contributed by atoms with Crippen LogP contribution in [0.15, 0.2) is 34.9 Å². The van der Waals surface area contributed by atoms with Gasteiger partial charge in [0.15, 0.2) is 0 Å². The van der Waals surface area contributed by atoms with Gasteiger partial charge in [-0.25, -0.2) is 0 Å². The summed E-state index contributed by atoms with van der Waals surface area (Å²) in [6.45, 7) is 6.06. The van der Waals surface area contributed by atoms with Crippen LogP contribution in [0, 0.1) is 13.8 Å². The first-order valence-corrected chi connectivity index (χ1v) is 10.2. The normalized spacial score (nSPS) is 15.4. The van der Waals surface area contributed by atoms with E-state index in [4.69, 9.17) is 9.26 Å². The predicted molar refractivity (Wildman–Crippen MR) is 103 cm³/mol. The van der Waals surface area contributed by atoms with E-state index in [0.717, 1.165) is 48.7 Å². The molecule has 2 heterocycles. The highest BCUT2D eigenvalue weighted by molar-refractivity contribution is 7.99. The first kappa shape index (κ1) is 19.0. The lowest BCUT2D eigenvalue weighted by atomic mass is 10.1. The summed E-state index contributed by atoms with van der Waals surface area (Å²) in [7, 11) is 0. The molecule has 1 fully saturated rings. The van der Waals surface area contributed by atoms with Crippen molar-refractivity contribution in [2.45, 2.75) is 45.2 Å². The van der Waals surface area contributed by atoms with Gasteiger partial charge in [0.2, 0.25) is 5.91 Å². The van der Waals surface area contributed by atoms with Crippen LogP contribution in [0.5, 0.6) is 0 Å². The summed E-state index contributed by atoms with van der Waals surface area (Å²) in [5, 5.41) is 3.95. The highest BCUT2D eigenvalue weighted by atomic mass is 32.2. The van der Waals surface area contributed by atoms with Gasteiger partial charge in [0, 0.05) is 24.4 Å². The van der Waals surface area contributed by atoms with E-state index in [1.165, 1.54) is 5.56 Å². The van der Waals surface area contributed by atoms with Gasteiger partial charge in [0.1, 0.15) is 5.76 Å². The Labute approximate surface area is 159 Å². The van der Waals surface area contributed by atoms with Crippen LogP contribution in [0.2, 0.25) is 0 Å². The van der Waals surface area contributed by atoms with Gasteiger partial charge in [-0.15, -0.1) is 11.8 Å². The fourth-order valence-electron chi connectivity index (χ4n) is 3.10. The van der Waals surface area contributed by atoms with E-state index in [-0.39, 0.29) is 12.0 Å². The molecule has 3 rings (SSSR count). The van der Waals surface area contributed by atoms with E-state index in [2.05, 4.69) is 17.3 Å². The molecule has 0 unspecified atom stereocenters. The molecule has 6 heteroatoms. The fraction of sp³-hybridized carbons (Fsp3) is 0.500. The van der Waals surface area contributed by atoms with Crippen LogP contribution in [0.3, 0.4) is 0 Å². The highest BCUT2D eigenvalue weighted by Crippen LogP contribution is 2.21. The number of aromatic nitrogens is 1. The van der Waals surface area contributed by atoms with E-state index in [9.17, 15) is 4.79 Å². The third-order valence-electron chi connectivity index (χ3n) is 4.78. The monoisotopic (exact) mass is 374 g/mol. The minimum Gasteiger partial charge on any atom is -0.373 e. The molecule has 0 saturated carbocycles. The average molecular weight is 375 g/mol. The van der Waals surface area contributed by atoms with Crippen LogP contribution < -0.4 is 0 Å². The maximum atomic E-state index is 12.4. The van der Waals surface area contributed by atoms with Crippen molar-refractivity contribution in [3.8, 4) is 0 Å². The number of amides is 1. The zero-order chi connectivity index (χ0) is 18.4. The quantitative estimate of drug-likeness (QED) is 0.739. The number of hydrogen-bond donors (Lipinski definition) is 0. The van der Waals surface area contributed by atoms with Gasteiger partial charge < -0.3 is 14.2 Å². The van der Waals surface area contributed by atoms with E-state index in [1.54, 1.807) is 11.8 Å². The molecule has 1 aliphatic rings. The van der Waals surface area contributed by atoms with E-state index in [0.29, 0.717) is 12.4 Å². The molecule has 2 aromatic rings. The third-order valence-corrected chi connectivity index (χ3v) is 5.72. The van der Waals surface area contributed by atoms with E-state index in [1.807, 2.05) is 36.9 Å². The largest absolute Gasteiger partial charge is 0.373 e. The topological polar surface area (TPSA) is 55.6 Å². The molecule has 0 aliphatic carbocycles. The molecular weight excluding hydrogens is 348 g/mol. The summed E-state index contributed by atoms with van der Waals surface area (Å²) in [6, 6.07) is 10.2. The molecule has 1 amide bonds. The van der Waals surface area contributed by atoms with Gasteiger partial charge in [-0.3, -0.25) is 4.79 Å². The van der Waals surface area contributed by atoms with Crippen molar-refractivity contribution in [2.75, 3.05) is 18.8 Å². The molecule has 0 spiro atoms. The number of ether oxygens (including phenoxy) is 1. The Morgan fingerprint density at radius 3 is 2.65 bits per heavy atom. The number of hydrogen-bond acceptors (Lipinski definition) is 5. The molecule has 140 valence electrons. The van der Waals surface area contributed by atoms with E-state index < -0.39 is 0 Å². The van der Waals surface area contributed by atoms with Gasteiger partial charge in [0.05, 0.1) is 24.2 Å². The van der Waals surface area contributed by atoms with Crippen molar-refractivity contribution in [1.29, 1.82) is 0 Å². The van der Waals surface area contributed by atoms with Crippen LogP contribution in [0.1, 0.15) is 35.4 Å².